The van der Waals surface area contributed by atoms with E-state index in [9.17, 15) is 7.77 Å². The second-order valence-electron chi connectivity index (χ2n) is 7.20. The summed E-state index contributed by atoms with van der Waals surface area (Å²) in [5.74, 6) is 0.191. The van der Waals surface area contributed by atoms with Crippen LogP contribution in [-0.4, -0.2) is 41.0 Å². The van der Waals surface area contributed by atoms with Gasteiger partial charge in [0.1, 0.15) is 0 Å². The van der Waals surface area contributed by atoms with Crippen LogP contribution in [0.3, 0.4) is 0 Å². The Kier molecular flexibility index (Phi) is 7.10. The highest BCUT2D eigenvalue weighted by Gasteiger charge is 2.47. The topological polar surface area (TPSA) is 15.7 Å². The number of rotatable bonds is 9. The maximum absolute atomic E-state index is 14.6. The molecule has 0 N–H and O–H groups in total. The molecule has 0 aromatic heterocycles. The van der Waals surface area contributed by atoms with Crippen LogP contribution in [0.1, 0.15) is 37.8 Å². The predicted octanol–water partition coefficient (Wildman–Crippen LogP) is 5.81. The standard InChI is InChI=1S/C22H30F2N2OS/c1-4-25(5-2)28(23,24)27-17-21-22(20-14-10-7-11-15-20)18(3)26(21)16-19-12-8-6-9-13-19/h6-15,18,21-22H,4-5,16-17H2,1-3H3/t18-,21+,22+/m0/s1. The van der Waals surface area contributed by atoms with Crippen LogP contribution in [0.25, 0.3) is 0 Å². The van der Waals surface area contributed by atoms with Gasteiger partial charge in [0, 0.05) is 37.6 Å². The molecular formula is C22H30F2N2OS. The lowest BCUT2D eigenvalue weighted by Crippen LogP contribution is -2.62. The van der Waals surface area contributed by atoms with Crippen molar-refractivity contribution in [3.8, 4) is 0 Å². The Balaban J connectivity index is 1.76. The summed E-state index contributed by atoms with van der Waals surface area (Å²) in [6, 6.07) is 20.6. The molecule has 0 unspecified atom stereocenters. The molecule has 1 aliphatic rings. The van der Waals surface area contributed by atoms with E-state index in [0.29, 0.717) is 0 Å². The Hall–Kier alpha value is -1.47. The van der Waals surface area contributed by atoms with Crippen LogP contribution >= 0.6 is 11.3 Å². The number of benzene rings is 2. The average Bonchev–Trinajstić information content (AvgIpc) is 2.71. The number of halogens is 2. The van der Waals surface area contributed by atoms with E-state index in [2.05, 4.69) is 36.1 Å². The van der Waals surface area contributed by atoms with Crippen LogP contribution < -0.4 is 0 Å². The molecule has 3 atom stereocenters. The van der Waals surface area contributed by atoms with Crippen LogP contribution in [0, 0.1) is 0 Å². The fourth-order valence-corrected chi connectivity index (χ4v) is 5.17. The Labute approximate surface area is 169 Å². The summed E-state index contributed by atoms with van der Waals surface area (Å²) in [4.78, 5) is 2.28. The van der Waals surface area contributed by atoms with Crippen LogP contribution in [0.2, 0.25) is 0 Å². The Morgan fingerprint density at radius 2 is 1.54 bits per heavy atom. The molecule has 6 heteroatoms. The van der Waals surface area contributed by atoms with Crippen LogP contribution in [0.15, 0.2) is 60.7 Å². The van der Waals surface area contributed by atoms with Gasteiger partial charge in [-0.2, -0.15) is 4.31 Å². The van der Waals surface area contributed by atoms with Gasteiger partial charge >= 0.3 is 0 Å². The summed E-state index contributed by atoms with van der Waals surface area (Å²) in [6.07, 6.45) is 0. The molecule has 154 valence electrons. The second-order valence-corrected chi connectivity index (χ2v) is 8.74. The van der Waals surface area contributed by atoms with Gasteiger partial charge < -0.3 is 0 Å². The third kappa shape index (κ3) is 4.57. The zero-order chi connectivity index (χ0) is 20.1. The van der Waals surface area contributed by atoms with E-state index < -0.39 is 11.3 Å². The molecule has 0 amide bonds. The molecule has 1 heterocycles. The first-order valence-corrected chi connectivity index (χ1v) is 11.3. The Morgan fingerprint density at radius 3 is 2.11 bits per heavy atom. The molecule has 1 saturated heterocycles. The second kappa shape index (κ2) is 9.35. The maximum atomic E-state index is 14.6. The summed E-state index contributed by atoms with van der Waals surface area (Å²) in [7, 11) is 0. The highest BCUT2D eigenvalue weighted by molar-refractivity contribution is 8.19. The molecule has 0 saturated carbocycles. The fourth-order valence-electron chi connectivity index (χ4n) is 4.12. The van der Waals surface area contributed by atoms with Gasteiger partial charge in [0.25, 0.3) is 0 Å². The minimum atomic E-state index is -4.21. The zero-order valence-electron chi connectivity index (χ0n) is 16.8. The van der Waals surface area contributed by atoms with Gasteiger partial charge in [-0.3, -0.25) is 9.08 Å². The van der Waals surface area contributed by atoms with E-state index in [1.807, 2.05) is 36.4 Å². The van der Waals surface area contributed by atoms with Crippen molar-refractivity contribution in [1.29, 1.82) is 0 Å². The lowest BCUT2D eigenvalue weighted by atomic mass is 9.76. The lowest BCUT2D eigenvalue weighted by Gasteiger charge is -2.54. The smallest absolute Gasteiger partial charge is 0.241 e. The van der Waals surface area contributed by atoms with Gasteiger partial charge in [-0.15, -0.1) is 7.77 Å². The number of hydrogen-bond acceptors (Lipinski definition) is 3. The SMILES string of the molecule is CCN(CC)S(F)(F)OC[C@@H]1[C@@H](c2ccccc2)[C@H](C)N1Cc1ccccc1. The van der Waals surface area contributed by atoms with Crippen LogP contribution in [0.4, 0.5) is 7.77 Å². The first kappa shape index (κ1) is 21.2. The van der Waals surface area contributed by atoms with E-state index in [-0.39, 0.29) is 37.7 Å². The van der Waals surface area contributed by atoms with Gasteiger partial charge in [0.05, 0.1) is 6.61 Å². The van der Waals surface area contributed by atoms with Gasteiger partial charge in [0.15, 0.2) is 0 Å². The summed E-state index contributed by atoms with van der Waals surface area (Å²) < 4.78 is 35.5. The van der Waals surface area contributed by atoms with Crippen molar-refractivity contribution >= 4 is 11.3 Å². The Bertz CT molecular complexity index is 728. The van der Waals surface area contributed by atoms with Crippen LogP contribution in [0.5, 0.6) is 0 Å². The van der Waals surface area contributed by atoms with E-state index in [0.717, 1.165) is 10.8 Å². The van der Waals surface area contributed by atoms with Crippen molar-refractivity contribution in [3.05, 3.63) is 71.8 Å². The summed E-state index contributed by atoms with van der Waals surface area (Å²) in [5.41, 5.74) is 2.38. The molecule has 0 spiro atoms. The van der Waals surface area contributed by atoms with E-state index >= 15 is 0 Å². The largest absolute Gasteiger partial charge is 0.290 e. The predicted molar refractivity (Wildman–Crippen MR) is 113 cm³/mol. The summed E-state index contributed by atoms with van der Waals surface area (Å²) in [5, 5.41) is 0. The minimum Gasteiger partial charge on any atom is -0.290 e. The third-order valence-corrected chi connectivity index (χ3v) is 7.20. The van der Waals surface area contributed by atoms with Crippen molar-refractivity contribution in [2.24, 2.45) is 0 Å². The average molecular weight is 409 g/mol. The number of likely N-dealkylation sites (tertiary alicyclic amines) is 1. The molecule has 2 aromatic rings. The molecule has 28 heavy (non-hydrogen) atoms. The van der Waals surface area contributed by atoms with Gasteiger partial charge in [-0.05, 0) is 18.1 Å². The highest BCUT2D eigenvalue weighted by Crippen LogP contribution is 2.56. The first-order valence-electron chi connectivity index (χ1n) is 9.94. The molecule has 1 aliphatic heterocycles. The van der Waals surface area contributed by atoms with Crippen molar-refractivity contribution < 1.29 is 12.0 Å². The monoisotopic (exact) mass is 408 g/mol. The van der Waals surface area contributed by atoms with Crippen LogP contribution in [-0.2, 0) is 10.7 Å². The maximum Gasteiger partial charge on any atom is 0.241 e. The quantitative estimate of drug-likeness (QED) is 0.521. The Morgan fingerprint density at radius 1 is 0.964 bits per heavy atom. The molecule has 0 radical (unpaired) electrons. The molecule has 0 bridgehead atoms. The third-order valence-electron chi connectivity index (χ3n) is 5.66. The molecule has 3 nitrogen and oxygen atoms in total. The van der Waals surface area contributed by atoms with Crippen molar-refractivity contribution in [3.63, 3.8) is 0 Å². The summed E-state index contributed by atoms with van der Waals surface area (Å²) in [6.45, 7) is 7.01. The lowest BCUT2D eigenvalue weighted by molar-refractivity contribution is -0.0365. The van der Waals surface area contributed by atoms with Crippen molar-refractivity contribution in [2.75, 3.05) is 19.7 Å². The van der Waals surface area contributed by atoms with Gasteiger partial charge in [-0.1, -0.05) is 74.5 Å². The first-order chi connectivity index (χ1) is 13.5. The minimum absolute atomic E-state index is 0.0373. The van der Waals surface area contributed by atoms with E-state index in [4.69, 9.17) is 4.18 Å². The summed E-state index contributed by atoms with van der Waals surface area (Å²) >= 11 is -4.21. The zero-order valence-corrected chi connectivity index (χ0v) is 17.6. The van der Waals surface area contributed by atoms with Crippen molar-refractivity contribution in [1.82, 2.24) is 9.21 Å². The highest BCUT2D eigenvalue weighted by atomic mass is 32.3. The fraction of sp³-hybridized carbons (Fsp3) is 0.455. The van der Waals surface area contributed by atoms with Gasteiger partial charge in [-0.25, -0.2) is 0 Å². The van der Waals surface area contributed by atoms with Gasteiger partial charge in [0.2, 0.25) is 11.3 Å². The van der Waals surface area contributed by atoms with E-state index in [1.54, 1.807) is 13.8 Å². The van der Waals surface area contributed by atoms with E-state index in [1.165, 1.54) is 11.1 Å². The molecule has 1 fully saturated rings. The normalized spacial score (nSPS) is 23.6. The molecule has 3 rings (SSSR count). The molecular weight excluding hydrogens is 378 g/mol. The molecule has 0 aliphatic carbocycles. The number of hydrogen-bond donors (Lipinski definition) is 0. The van der Waals surface area contributed by atoms with Crippen molar-refractivity contribution in [2.45, 2.75) is 45.3 Å². The number of nitrogens with zero attached hydrogens (tertiary/aromatic N) is 2. The molecule has 2 aromatic carbocycles.